The van der Waals surface area contributed by atoms with E-state index in [1.54, 1.807) is 18.2 Å². The fourth-order valence-corrected chi connectivity index (χ4v) is 2.07. The van der Waals surface area contributed by atoms with Crippen LogP contribution in [0, 0.1) is 5.92 Å². The first-order valence-corrected chi connectivity index (χ1v) is 5.94. The number of rotatable bonds is 2. The number of nitrogens with zero attached hydrogens (tertiary/aromatic N) is 1. The van der Waals surface area contributed by atoms with Gasteiger partial charge in [-0.2, -0.15) is 0 Å². The van der Waals surface area contributed by atoms with Crippen molar-refractivity contribution in [3.05, 3.63) is 29.8 Å². The molecule has 4 heteroatoms. The highest BCUT2D eigenvalue weighted by molar-refractivity contribution is 5.79. The molecule has 1 saturated heterocycles. The second-order valence-corrected chi connectivity index (χ2v) is 4.53. The van der Waals surface area contributed by atoms with Crippen LogP contribution in [0.3, 0.4) is 0 Å². The highest BCUT2D eigenvalue weighted by atomic mass is 16.3. The first kappa shape index (κ1) is 11.9. The monoisotopic (exact) mass is 234 g/mol. The maximum absolute atomic E-state index is 12.1. The fraction of sp³-hybridized carbons (Fsp3) is 0.462. The Balaban J connectivity index is 2.08. The minimum absolute atomic E-state index is 0.0230. The SMILES string of the molecule is CC1CNCCN(Cc2cccc(O)c2)C1=O. The van der Waals surface area contributed by atoms with Crippen LogP contribution >= 0.6 is 0 Å². The summed E-state index contributed by atoms with van der Waals surface area (Å²) in [5, 5.41) is 12.6. The molecule has 1 heterocycles. The summed E-state index contributed by atoms with van der Waals surface area (Å²) < 4.78 is 0. The van der Waals surface area contributed by atoms with Gasteiger partial charge < -0.3 is 15.3 Å². The largest absolute Gasteiger partial charge is 0.508 e. The smallest absolute Gasteiger partial charge is 0.227 e. The standard InChI is InChI=1S/C13H18N2O2/c1-10-8-14-5-6-15(13(10)17)9-11-3-2-4-12(16)7-11/h2-4,7,10,14,16H,5-6,8-9H2,1H3. The Bertz CT molecular complexity index is 406. The number of carbonyl (C=O) groups is 1. The van der Waals surface area contributed by atoms with Crippen LogP contribution in [-0.4, -0.2) is 35.5 Å². The number of carbonyl (C=O) groups excluding carboxylic acids is 1. The van der Waals surface area contributed by atoms with Crippen LogP contribution in [-0.2, 0) is 11.3 Å². The normalized spacial score (nSPS) is 21.4. The molecule has 1 unspecified atom stereocenters. The summed E-state index contributed by atoms with van der Waals surface area (Å²) in [5.74, 6) is 0.448. The summed E-state index contributed by atoms with van der Waals surface area (Å²) in [4.78, 5) is 13.9. The lowest BCUT2D eigenvalue weighted by atomic mass is 10.1. The van der Waals surface area contributed by atoms with Gasteiger partial charge >= 0.3 is 0 Å². The average Bonchev–Trinajstić information content (AvgIpc) is 2.45. The molecule has 0 saturated carbocycles. The number of benzene rings is 1. The van der Waals surface area contributed by atoms with Crippen LogP contribution < -0.4 is 5.32 Å². The van der Waals surface area contributed by atoms with Crippen LogP contribution in [0.1, 0.15) is 12.5 Å². The highest BCUT2D eigenvalue weighted by Crippen LogP contribution is 2.15. The van der Waals surface area contributed by atoms with Crippen LogP contribution in [0.4, 0.5) is 0 Å². The van der Waals surface area contributed by atoms with E-state index in [0.29, 0.717) is 6.54 Å². The molecule has 1 aromatic carbocycles. The first-order valence-electron chi connectivity index (χ1n) is 5.94. The van der Waals surface area contributed by atoms with Gasteiger partial charge in [0.05, 0.1) is 0 Å². The van der Waals surface area contributed by atoms with Crippen molar-refractivity contribution in [2.24, 2.45) is 5.92 Å². The Labute approximate surface area is 101 Å². The number of nitrogens with one attached hydrogen (secondary N) is 1. The molecule has 1 aliphatic rings. The summed E-state index contributed by atoms with van der Waals surface area (Å²) >= 11 is 0. The van der Waals surface area contributed by atoms with Gasteiger partial charge in [-0.25, -0.2) is 0 Å². The van der Waals surface area contributed by atoms with Crippen LogP contribution in [0.2, 0.25) is 0 Å². The molecule has 1 aromatic rings. The molecule has 4 nitrogen and oxygen atoms in total. The molecule has 2 rings (SSSR count). The van der Waals surface area contributed by atoms with Gasteiger partial charge in [-0.3, -0.25) is 4.79 Å². The summed E-state index contributed by atoms with van der Waals surface area (Å²) in [6.45, 7) is 4.80. The predicted molar refractivity (Wildman–Crippen MR) is 65.6 cm³/mol. The van der Waals surface area contributed by atoms with Crippen molar-refractivity contribution in [2.75, 3.05) is 19.6 Å². The Morgan fingerprint density at radius 3 is 3.12 bits per heavy atom. The van der Waals surface area contributed by atoms with Gasteiger partial charge in [-0.05, 0) is 17.7 Å². The lowest BCUT2D eigenvalue weighted by Crippen LogP contribution is -2.34. The lowest BCUT2D eigenvalue weighted by Gasteiger charge is -2.22. The van der Waals surface area contributed by atoms with Gasteiger partial charge in [-0.15, -0.1) is 0 Å². The number of hydrogen-bond donors (Lipinski definition) is 2. The Morgan fingerprint density at radius 1 is 1.53 bits per heavy atom. The molecule has 92 valence electrons. The van der Waals surface area contributed by atoms with Crippen molar-refractivity contribution in [3.8, 4) is 5.75 Å². The second kappa shape index (κ2) is 5.19. The maximum Gasteiger partial charge on any atom is 0.227 e. The molecule has 1 aliphatic heterocycles. The zero-order valence-electron chi connectivity index (χ0n) is 10.0. The van der Waals surface area contributed by atoms with Crippen molar-refractivity contribution in [2.45, 2.75) is 13.5 Å². The van der Waals surface area contributed by atoms with Gasteiger partial charge in [0.1, 0.15) is 5.75 Å². The molecule has 1 atom stereocenters. The first-order chi connectivity index (χ1) is 8.16. The maximum atomic E-state index is 12.1. The number of hydrogen-bond acceptors (Lipinski definition) is 3. The van der Waals surface area contributed by atoms with E-state index in [9.17, 15) is 9.90 Å². The third-order valence-electron chi connectivity index (χ3n) is 3.03. The topological polar surface area (TPSA) is 52.6 Å². The number of amides is 1. The molecular weight excluding hydrogens is 216 g/mol. The predicted octanol–water partition coefficient (Wildman–Crippen LogP) is 0.960. The second-order valence-electron chi connectivity index (χ2n) is 4.53. The Morgan fingerprint density at radius 2 is 2.35 bits per heavy atom. The lowest BCUT2D eigenvalue weighted by molar-refractivity contribution is -0.134. The van der Waals surface area contributed by atoms with Crippen molar-refractivity contribution < 1.29 is 9.90 Å². The van der Waals surface area contributed by atoms with E-state index in [4.69, 9.17) is 0 Å². The van der Waals surface area contributed by atoms with E-state index in [1.807, 2.05) is 17.9 Å². The fourth-order valence-electron chi connectivity index (χ4n) is 2.07. The third-order valence-corrected chi connectivity index (χ3v) is 3.03. The molecule has 0 bridgehead atoms. The molecular formula is C13H18N2O2. The Hall–Kier alpha value is -1.55. The van der Waals surface area contributed by atoms with Gasteiger partial charge in [-0.1, -0.05) is 19.1 Å². The van der Waals surface area contributed by atoms with E-state index >= 15 is 0 Å². The van der Waals surface area contributed by atoms with Gasteiger partial charge in [0, 0.05) is 32.1 Å². The van der Waals surface area contributed by atoms with Crippen molar-refractivity contribution in [3.63, 3.8) is 0 Å². The van der Waals surface area contributed by atoms with E-state index in [2.05, 4.69) is 5.32 Å². The molecule has 0 spiro atoms. The molecule has 1 fully saturated rings. The van der Waals surface area contributed by atoms with Crippen LogP contribution in [0.5, 0.6) is 5.75 Å². The van der Waals surface area contributed by atoms with Crippen LogP contribution in [0.25, 0.3) is 0 Å². The summed E-state index contributed by atoms with van der Waals surface area (Å²) in [7, 11) is 0. The van der Waals surface area contributed by atoms with Crippen molar-refractivity contribution in [1.82, 2.24) is 10.2 Å². The number of aromatic hydroxyl groups is 1. The van der Waals surface area contributed by atoms with E-state index in [-0.39, 0.29) is 17.6 Å². The molecule has 17 heavy (non-hydrogen) atoms. The zero-order chi connectivity index (χ0) is 12.3. The zero-order valence-corrected chi connectivity index (χ0v) is 10.0. The quantitative estimate of drug-likeness (QED) is 0.801. The van der Waals surface area contributed by atoms with Gasteiger partial charge in [0.2, 0.25) is 5.91 Å². The third kappa shape index (κ3) is 2.97. The number of phenolic OH excluding ortho intramolecular Hbond substituents is 1. The highest BCUT2D eigenvalue weighted by Gasteiger charge is 2.22. The van der Waals surface area contributed by atoms with Crippen molar-refractivity contribution in [1.29, 1.82) is 0 Å². The molecule has 0 aromatic heterocycles. The van der Waals surface area contributed by atoms with E-state index < -0.39 is 0 Å². The van der Waals surface area contributed by atoms with Gasteiger partial charge in [0.15, 0.2) is 0 Å². The van der Waals surface area contributed by atoms with Gasteiger partial charge in [0.25, 0.3) is 0 Å². The molecule has 1 amide bonds. The summed E-state index contributed by atoms with van der Waals surface area (Å²) in [6.07, 6.45) is 0. The summed E-state index contributed by atoms with van der Waals surface area (Å²) in [5.41, 5.74) is 0.965. The average molecular weight is 234 g/mol. The molecule has 2 N–H and O–H groups in total. The minimum atomic E-state index is 0.0230. The Kier molecular flexibility index (Phi) is 3.64. The number of phenols is 1. The molecule has 0 aliphatic carbocycles. The van der Waals surface area contributed by atoms with Crippen LogP contribution in [0.15, 0.2) is 24.3 Å². The van der Waals surface area contributed by atoms with Crippen molar-refractivity contribution >= 4 is 5.91 Å². The molecule has 0 radical (unpaired) electrons. The van der Waals surface area contributed by atoms with E-state index in [0.717, 1.165) is 25.2 Å². The van der Waals surface area contributed by atoms with E-state index in [1.165, 1.54) is 0 Å². The minimum Gasteiger partial charge on any atom is -0.508 e. The summed E-state index contributed by atoms with van der Waals surface area (Å²) in [6, 6.07) is 7.07.